The first-order valence-corrected chi connectivity index (χ1v) is 5.93. The van der Waals surface area contributed by atoms with Crippen LogP contribution in [0.2, 0.25) is 0 Å². The van der Waals surface area contributed by atoms with Gasteiger partial charge >= 0.3 is 5.97 Å². The Morgan fingerprint density at radius 3 is 2.56 bits per heavy atom. The quantitative estimate of drug-likeness (QED) is 0.899. The van der Waals surface area contributed by atoms with E-state index < -0.39 is 5.97 Å². The Morgan fingerprint density at radius 1 is 1.33 bits per heavy atom. The number of benzene rings is 1. The zero-order valence-corrected chi connectivity index (χ0v) is 10.5. The number of hydrogen-bond donors (Lipinski definition) is 1. The molecule has 0 aliphatic heterocycles. The fourth-order valence-corrected chi connectivity index (χ4v) is 1.88. The van der Waals surface area contributed by atoms with Gasteiger partial charge in [0.15, 0.2) is 5.69 Å². The van der Waals surface area contributed by atoms with E-state index in [1.165, 1.54) is 0 Å². The van der Waals surface area contributed by atoms with E-state index in [9.17, 15) is 4.79 Å². The molecule has 0 spiro atoms. The van der Waals surface area contributed by atoms with Crippen LogP contribution >= 0.6 is 0 Å². The van der Waals surface area contributed by atoms with Gasteiger partial charge < -0.3 is 5.11 Å². The highest BCUT2D eigenvalue weighted by Crippen LogP contribution is 2.17. The van der Waals surface area contributed by atoms with Crippen molar-refractivity contribution in [1.82, 2.24) is 9.78 Å². The SMILES string of the molecule is CC(C)c1cc(C(=O)O)nn1Cc1ccccc1. The molecule has 0 fully saturated rings. The molecule has 0 aliphatic rings. The summed E-state index contributed by atoms with van der Waals surface area (Å²) in [5.41, 5.74) is 2.16. The molecule has 1 aromatic heterocycles. The van der Waals surface area contributed by atoms with Crippen LogP contribution in [0.4, 0.5) is 0 Å². The number of hydrogen-bond acceptors (Lipinski definition) is 2. The molecule has 0 radical (unpaired) electrons. The highest BCUT2D eigenvalue weighted by atomic mass is 16.4. The van der Waals surface area contributed by atoms with Crippen LogP contribution in [0.1, 0.15) is 41.5 Å². The lowest BCUT2D eigenvalue weighted by molar-refractivity contribution is 0.0689. The van der Waals surface area contributed by atoms with Crippen LogP contribution in [-0.2, 0) is 6.54 Å². The molecule has 0 atom stereocenters. The van der Waals surface area contributed by atoms with Gasteiger partial charge in [-0.1, -0.05) is 44.2 Å². The third kappa shape index (κ3) is 2.59. The predicted molar refractivity (Wildman–Crippen MR) is 68.8 cm³/mol. The summed E-state index contributed by atoms with van der Waals surface area (Å²) in [5.74, 6) is -0.738. The van der Waals surface area contributed by atoms with Crippen LogP contribution in [0, 0.1) is 0 Å². The van der Waals surface area contributed by atoms with E-state index in [2.05, 4.69) is 5.10 Å². The van der Waals surface area contributed by atoms with E-state index in [0.29, 0.717) is 6.54 Å². The van der Waals surface area contributed by atoms with Crippen molar-refractivity contribution >= 4 is 5.97 Å². The first-order valence-electron chi connectivity index (χ1n) is 5.93. The maximum atomic E-state index is 11.0. The molecule has 0 bridgehead atoms. The minimum absolute atomic E-state index is 0.106. The molecule has 0 amide bonds. The molecule has 4 heteroatoms. The highest BCUT2D eigenvalue weighted by Gasteiger charge is 2.15. The number of carboxylic acid groups (broad SMARTS) is 1. The van der Waals surface area contributed by atoms with E-state index >= 15 is 0 Å². The molecule has 2 rings (SSSR count). The van der Waals surface area contributed by atoms with Gasteiger partial charge in [-0.05, 0) is 17.5 Å². The molecule has 0 saturated carbocycles. The minimum Gasteiger partial charge on any atom is -0.476 e. The Labute approximate surface area is 106 Å². The van der Waals surface area contributed by atoms with Crippen molar-refractivity contribution in [2.24, 2.45) is 0 Å². The topological polar surface area (TPSA) is 55.1 Å². The maximum absolute atomic E-state index is 11.0. The Bertz CT molecular complexity index is 544. The van der Waals surface area contributed by atoms with Crippen molar-refractivity contribution in [2.75, 3.05) is 0 Å². The van der Waals surface area contributed by atoms with Gasteiger partial charge in [-0.3, -0.25) is 4.68 Å². The molecule has 94 valence electrons. The van der Waals surface area contributed by atoms with Gasteiger partial charge in [0, 0.05) is 5.69 Å². The van der Waals surface area contributed by atoms with Gasteiger partial charge in [-0.15, -0.1) is 0 Å². The molecule has 1 N–H and O–H groups in total. The number of nitrogens with zero attached hydrogens (tertiary/aromatic N) is 2. The van der Waals surface area contributed by atoms with Crippen molar-refractivity contribution in [2.45, 2.75) is 26.3 Å². The fraction of sp³-hybridized carbons (Fsp3) is 0.286. The second kappa shape index (κ2) is 5.04. The standard InChI is InChI=1S/C14H16N2O2/c1-10(2)13-8-12(14(17)18)15-16(13)9-11-6-4-3-5-7-11/h3-8,10H,9H2,1-2H3,(H,17,18). The van der Waals surface area contributed by atoms with E-state index in [4.69, 9.17) is 5.11 Å². The number of rotatable bonds is 4. The summed E-state index contributed by atoms with van der Waals surface area (Å²) in [7, 11) is 0. The molecular formula is C14H16N2O2. The van der Waals surface area contributed by atoms with Gasteiger partial charge in [0.1, 0.15) is 0 Å². The van der Waals surface area contributed by atoms with Crippen LogP contribution < -0.4 is 0 Å². The minimum atomic E-state index is -0.983. The maximum Gasteiger partial charge on any atom is 0.356 e. The van der Waals surface area contributed by atoms with E-state index in [-0.39, 0.29) is 11.6 Å². The van der Waals surface area contributed by atoms with Crippen molar-refractivity contribution < 1.29 is 9.90 Å². The summed E-state index contributed by atoms with van der Waals surface area (Å²) in [5, 5.41) is 13.1. The smallest absolute Gasteiger partial charge is 0.356 e. The van der Waals surface area contributed by atoms with Crippen molar-refractivity contribution in [3.05, 3.63) is 53.3 Å². The molecular weight excluding hydrogens is 228 g/mol. The average molecular weight is 244 g/mol. The van der Waals surface area contributed by atoms with Crippen LogP contribution in [0.25, 0.3) is 0 Å². The number of aromatic carboxylic acids is 1. The molecule has 0 unspecified atom stereocenters. The zero-order chi connectivity index (χ0) is 13.1. The first-order chi connectivity index (χ1) is 8.58. The molecule has 2 aromatic rings. The Balaban J connectivity index is 2.34. The molecule has 18 heavy (non-hydrogen) atoms. The predicted octanol–water partition coefficient (Wildman–Crippen LogP) is 2.75. The van der Waals surface area contributed by atoms with Gasteiger partial charge in [-0.2, -0.15) is 5.10 Å². The Kier molecular flexibility index (Phi) is 3.46. The lowest BCUT2D eigenvalue weighted by Crippen LogP contribution is -2.08. The van der Waals surface area contributed by atoms with Crippen LogP contribution in [0.15, 0.2) is 36.4 Å². The fourth-order valence-electron chi connectivity index (χ4n) is 1.88. The Morgan fingerprint density at radius 2 is 2.00 bits per heavy atom. The molecule has 1 heterocycles. The highest BCUT2D eigenvalue weighted by molar-refractivity contribution is 5.85. The monoisotopic (exact) mass is 244 g/mol. The molecule has 0 aliphatic carbocycles. The summed E-state index contributed by atoms with van der Waals surface area (Å²) < 4.78 is 1.77. The summed E-state index contributed by atoms with van der Waals surface area (Å²) >= 11 is 0. The van der Waals surface area contributed by atoms with Gasteiger partial charge in [-0.25, -0.2) is 4.79 Å². The second-order valence-electron chi connectivity index (χ2n) is 4.56. The van der Waals surface area contributed by atoms with Gasteiger partial charge in [0.25, 0.3) is 0 Å². The lowest BCUT2D eigenvalue weighted by atomic mass is 10.1. The van der Waals surface area contributed by atoms with Crippen LogP contribution in [0.3, 0.4) is 0 Å². The molecule has 1 aromatic carbocycles. The molecule has 0 saturated heterocycles. The zero-order valence-electron chi connectivity index (χ0n) is 10.5. The summed E-state index contributed by atoms with van der Waals surface area (Å²) in [6.45, 7) is 4.66. The normalized spacial score (nSPS) is 10.8. The number of carbonyl (C=O) groups is 1. The van der Waals surface area contributed by atoms with E-state index in [1.54, 1.807) is 10.7 Å². The third-order valence-corrected chi connectivity index (χ3v) is 2.80. The van der Waals surface area contributed by atoms with Gasteiger partial charge in [0.05, 0.1) is 6.54 Å². The van der Waals surface area contributed by atoms with Crippen molar-refractivity contribution in [1.29, 1.82) is 0 Å². The first kappa shape index (κ1) is 12.4. The summed E-state index contributed by atoms with van der Waals surface area (Å²) in [4.78, 5) is 11.0. The molecule has 4 nitrogen and oxygen atoms in total. The number of carboxylic acids is 1. The van der Waals surface area contributed by atoms with Crippen LogP contribution in [0.5, 0.6) is 0 Å². The van der Waals surface area contributed by atoms with Crippen LogP contribution in [-0.4, -0.2) is 20.9 Å². The van der Waals surface area contributed by atoms with Gasteiger partial charge in [0.2, 0.25) is 0 Å². The van der Waals surface area contributed by atoms with E-state index in [0.717, 1.165) is 11.3 Å². The van der Waals surface area contributed by atoms with Crippen molar-refractivity contribution in [3.63, 3.8) is 0 Å². The summed E-state index contributed by atoms with van der Waals surface area (Å²) in [6, 6.07) is 11.5. The third-order valence-electron chi connectivity index (χ3n) is 2.80. The van der Waals surface area contributed by atoms with E-state index in [1.807, 2.05) is 44.2 Å². The largest absolute Gasteiger partial charge is 0.476 e. The Hall–Kier alpha value is -2.10. The number of aromatic nitrogens is 2. The summed E-state index contributed by atoms with van der Waals surface area (Å²) in [6.07, 6.45) is 0. The lowest BCUT2D eigenvalue weighted by Gasteiger charge is -2.09. The second-order valence-corrected chi connectivity index (χ2v) is 4.56. The van der Waals surface area contributed by atoms with Crippen molar-refractivity contribution in [3.8, 4) is 0 Å². The average Bonchev–Trinajstić information content (AvgIpc) is 2.74.